The van der Waals surface area contributed by atoms with Gasteiger partial charge in [-0.2, -0.15) is 0 Å². The van der Waals surface area contributed by atoms with Gasteiger partial charge < -0.3 is 4.90 Å². The monoisotopic (exact) mass is 287 g/mol. The average molecular weight is 287 g/mol. The molecule has 0 saturated carbocycles. The topological polar surface area (TPSA) is 69.1 Å². The lowest BCUT2D eigenvalue weighted by Crippen LogP contribution is -2.29. The maximum Gasteiger partial charge on any atom is 0.0962 e. The first-order chi connectivity index (χ1) is 9.06. The van der Waals surface area contributed by atoms with E-state index in [1.165, 1.54) is 17.8 Å². The van der Waals surface area contributed by atoms with Gasteiger partial charge in [0.25, 0.3) is 0 Å². The summed E-state index contributed by atoms with van der Waals surface area (Å²) in [7, 11) is 2.15. The Labute approximate surface area is 117 Å². The van der Waals surface area contributed by atoms with Crippen molar-refractivity contribution in [3.05, 3.63) is 15.6 Å². The Morgan fingerprint density at radius 2 is 2.11 bits per heavy atom. The van der Waals surface area contributed by atoms with Gasteiger partial charge in [-0.25, -0.2) is 4.98 Å². The number of rotatable bonds is 5. The van der Waals surface area contributed by atoms with E-state index in [9.17, 15) is 0 Å². The van der Waals surface area contributed by atoms with Crippen molar-refractivity contribution in [1.82, 2.24) is 15.3 Å². The third-order valence-electron chi connectivity index (χ3n) is 3.51. The first-order valence-corrected chi connectivity index (χ1v) is 7.33. The Balaban J connectivity index is 1.92. The molecule has 108 valence electrons. The molecule has 1 aromatic heterocycles. The Morgan fingerprint density at radius 1 is 1.42 bits per heavy atom. The van der Waals surface area contributed by atoms with E-state index in [1.807, 2.05) is 6.92 Å². The highest BCUT2D eigenvalue weighted by Gasteiger charge is 2.22. The summed E-state index contributed by atoms with van der Waals surface area (Å²) >= 11 is 1.73. The molecule has 0 radical (unpaired) electrons. The molecule has 1 saturated heterocycles. The van der Waals surface area contributed by atoms with Crippen LogP contribution in [0.4, 0.5) is 0 Å². The highest BCUT2D eigenvalue weighted by Crippen LogP contribution is 2.32. The molecule has 1 aliphatic heterocycles. The molecule has 2 heterocycles. The third kappa shape index (κ3) is 4.20. The normalized spacial score (nSPS) is 18.4. The van der Waals surface area contributed by atoms with E-state index < -0.39 is 0 Å². The molecule has 0 aromatic carbocycles. The van der Waals surface area contributed by atoms with E-state index in [0.717, 1.165) is 23.7 Å². The molecule has 1 aromatic rings. The minimum Gasteiger partial charge on any atom is -0.306 e. The zero-order chi connectivity index (χ0) is 13.8. The molecule has 6 nitrogen and oxygen atoms in total. The molecule has 19 heavy (non-hydrogen) atoms. The average Bonchev–Trinajstić information content (AvgIpc) is 2.71. The van der Waals surface area contributed by atoms with Crippen LogP contribution in [0.5, 0.6) is 0 Å². The van der Waals surface area contributed by atoms with Gasteiger partial charge in [-0.3, -0.25) is 15.3 Å². The van der Waals surface area contributed by atoms with Gasteiger partial charge in [0.1, 0.15) is 0 Å². The van der Waals surface area contributed by atoms with E-state index in [4.69, 9.17) is 10.4 Å². The number of likely N-dealkylation sites (tertiary alicyclic amines) is 1. The second kappa shape index (κ2) is 6.74. The van der Waals surface area contributed by atoms with Crippen LogP contribution in [0.1, 0.15) is 34.3 Å². The van der Waals surface area contributed by atoms with Crippen molar-refractivity contribution in [2.24, 2.45) is 0 Å². The van der Waals surface area contributed by atoms with E-state index in [-0.39, 0.29) is 12.0 Å². The van der Waals surface area contributed by atoms with Crippen LogP contribution in [0, 0.1) is 6.92 Å². The van der Waals surface area contributed by atoms with Crippen molar-refractivity contribution in [1.29, 1.82) is 0 Å². The summed E-state index contributed by atoms with van der Waals surface area (Å²) in [5.74, 6) is 0.571. The van der Waals surface area contributed by atoms with Gasteiger partial charge in [-0.05, 0) is 39.9 Å². The second-order valence-electron chi connectivity index (χ2n) is 4.97. The Bertz CT molecular complexity index is 403. The van der Waals surface area contributed by atoms with Crippen LogP contribution in [0.2, 0.25) is 0 Å². The zero-order valence-electron chi connectivity index (χ0n) is 11.4. The van der Waals surface area contributed by atoms with Crippen LogP contribution in [-0.2, 0) is 11.3 Å². The maximum atomic E-state index is 8.48. The smallest absolute Gasteiger partial charge is 0.0962 e. The summed E-state index contributed by atoms with van der Waals surface area (Å²) in [6, 6.07) is 0. The molecule has 1 aliphatic rings. The SMILES string of the molecule is Cc1nc(C2CCN(C)CC2)sc1CCON(O)O. The van der Waals surface area contributed by atoms with Gasteiger partial charge in [0, 0.05) is 17.2 Å². The highest BCUT2D eigenvalue weighted by molar-refractivity contribution is 7.11. The third-order valence-corrected chi connectivity index (χ3v) is 4.89. The van der Waals surface area contributed by atoms with E-state index in [0.29, 0.717) is 12.3 Å². The van der Waals surface area contributed by atoms with Crippen molar-refractivity contribution < 1.29 is 15.3 Å². The summed E-state index contributed by atoms with van der Waals surface area (Å²) in [5, 5.41) is 17.9. The molecule has 0 bridgehead atoms. The van der Waals surface area contributed by atoms with Gasteiger partial charge >= 0.3 is 0 Å². The Kier molecular flexibility index (Phi) is 5.26. The van der Waals surface area contributed by atoms with Crippen molar-refractivity contribution in [3.8, 4) is 0 Å². The summed E-state index contributed by atoms with van der Waals surface area (Å²) in [4.78, 5) is 12.8. The fraction of sp³-hybridized carbons (Fsp3) is 0.750. The summed E-state index contributed by atoms with van der Waals surface area (Å²) in [5.41, 5.74) is 1.03. The quantitative estimate of drug-likeness (QED) is 0.805. The van der Waals surface area contributed by atoms with Gasteiger partial charge in [0.15, 0.2) is 0 Å². The van der Waals surface area contributed by atoms with Crippen LogP contribution in [0.3, 0.4) is 0 Å². The zero-order valence-corrected chi connectivity index (χ0v) is 12.2. The molecule has 2 rings (SSSR count). The molecule has 2 N–H and O–H groups in total. The minimum atomic E-state index is -0.242. The van der Waals surface area contributed by atoms with Crippen molar-refractivity contribution >= 4 is 11.3 Å². The fourth-order valence-electron chi connectivity index (χ4n) is 2.33. The molecule has 0 aliphatic carbocycles. The molecule has 0 spiro atoms. The lowest BCUT2D eigenvalue weighted by Gasteiger charge is -2.27. The maximum absolute atomic E-state index is 8.48. The minimum absolute atomic E-state index is 0.239. The van der Waals surface area contributed by atoms with E-state index in [1.54, 1.807) is 11.3 Å². The first kappa shape index (κ1) is 14.8. The number of aryl methyl sites for hydroxylation is 1. The number of hydrogen-bond acceptors (Lipinski definition) is 7. The molecule has 0 amide bonds. The summed E-state index contributed by atoms with van der Waals surface area (Å²) < 4.78 is 0. The summed E-state index contributed by atoms with van der Waals surface area (Å²) in [6.45, 7) is 4.50. The Morgan fingerprint density at radius 3 is 2.74 bits per heavy atom. The first-order valence-electron chi connectivity index (χ1n) is 6.52. The standard InChI is InChI=1S/C12H21N3O3S/c1-9-11(5-8-18-15(16)17)19-12(13-9)10-3-6-14(2)7-4-10/h10,16-17H,3-8H2,1-2H3. The van der Waals surface area contributed by atoms with Gasteiger partial charge in [-0.1, -0.05) is 0 Å². The lowest BCUT2D eigenvalue weighted by atomic mass is 9.98. The largest absolute Gasteiger partial charge is 0.306 e. The molecule has 7 heteroatoms. The number of thiazole rings is 1. The number of piperidine rings is 1. The Hall–Kier alpha value is -0.570. The van der Waals surface area contributed by atoms with E-state index in [2.05, 4.69) is 21.8 Å². The molecular formula is C12H21N3O3S. The molecule has 0 atom stereocenters. The van der Waals surface area contributed by atoms with Gasteiger partial charge in [-0.15, -0.1) is 11.3 Å². The number of hydrogen-bond donors (Lipinski definition) is 2. The predicted octanol–water partition coefficient (Wildman–Crippen LogP) is 1.82. The number of aromatic nitrogens is 1. The fourth-order valence-corrected chi connectivity index (χ4v) is 3.55. The van der Waals surface area contributed by atoms with Crippen LogP contribution in [-0.4, -0.2) is 52.4 Å². The van der Waals surface area contributed by atoms with Crippen LogP contribution >= 0.6 is 11.3 Å². The van der Waals surface area contributed by atoms with Gasteiger partial charge in [0.05, 0.1) is 22.7 Å². The highest BCUT2D eigenvalue weighted by atomic mass is 32.1. The summed E-state index contributed by atoms with van der Waals surface area (Å²) in [6.07, 6.45) is 2.98. The molecular weight excluding hydrogens is 266 g/mol. The predicted molar refractivity (Wildman–Crippen MR) is 71.4 cm³/mol. The second-order valence-corrected chi connectivity index (χ2v) is 6.09. The van der Waals surface area contributed by atoms with Crippen molar-refractivity contribution in [2.75, 3.05) is 26.7 Å². The van der Waals surface area contributed by atoms with Crippen LogP contribution in [0.15, 0.2) is 0 Å². The molecule has 1 fully saturated rings. The van der Waals surface area contributed by atoms with Crippen LogP contribution in [0.25, 0.3) is 0 Å². The van der Waals surface area contributed by atoms with Crippen molar-refractivity contribution in [2.45, 2.75) is 32.1 Å². The lowest BCUT2D eigenvalue weighted by molar-refractivity contribution is -0.492. The molecule has 0 unspecified atom stereocenters. The number of nitrogens with zero attached hydrogens (tertiary/aromatic N) is 3. The van der Waals surface area contributed by atoms with Crippen molar-refractivity contribution in [3.63, 3.8) is 0 Å². The van der Waals surface area contributed by atoms with Crippen LogP contribution < -0.4 is 0 Å². The van der Waals surface area contributed by atoms with E-state index >= 15 is 0 Å². The van der Waals surface area contributed by atoms with Gasteiger partial charge in [0.2, 0.25) is 0 Å².